The molecule has 5 heteroatoms. The van der Waals surface area contributed by atoms with Gasteiger partial charge in [-0.05, 0) is 12.5 Å². The number of aryl methyl sites for hydroxylation is 1. The average molecular weight is 232 g/mol. The van der Waals surface area contributed by atoms with E-state index in [1.54, 1.807) is 18.6 Å². The number of aromatic amines is 1. The van der Waals surface area contributed by atoms with Gasteiger partial charge in [-0.1, -0.05) is 25.6 Å². The van der Waals surface area contributed by atoms with Crippen molar-refractivity contribution in [2.75, 3.05) is 0 Å². The molecule has 0 fully saturated rings. The van der Waals surface area contributed by atoms with E-state index >= 15 is 0 Å². The molecule has 0 aliphatic heterocycles. The van der Waals surface area contributed by atoms with Crippen LogP contribution in [0.3, 0.4) is 0 Å². The molecule has 0 radical (unpaired) electrons. The molecule has 0 unspecified atom stereocenters. The Balaban J connectivity index is 2.45. The summed E-state index contributed by atoms with van der Waals surface area (Å²) in [6.07, 6.45) is 6.96. The molecule has 0 spiro atoms. The maximum absolute atomic E-state index is 5.12. The summed E-state index contributed by atoms with van der Waals surface area (Å²) in [5, 5.41) is 0. The normalized spacial score (nSPS) is 10.3. The van der Waals surface area contributed by atoms with Crippen LogP contribution in [-0.2, 0) is 6.42 Å². The molecule has 0 bridgehead atoms. The van der Waals surface area contributed by atoms with Gasteiger partial charge < -0.3 is 4.98 Å². The lowest BCUT2D eigenvalue weighted by Gasteiger charge is -2.03. The van der Waals surface area contributed by atoms with Crippen LogP contribution in [0.15, 0.2) is 24.7 Å². The van der Waals surface area contributed by atoms with E-state index in [0.29, 0.717) is 16.2 Å². The Morgan fingerprint density at radius 2 is 2.25 bits per heavy atom. The van der Waals surface area contributed by atoms with Crippen LogP contribution in [-0.4, -0.2) is 19.9 Å². The van der Waals surface area contributed by atoms with Gasteiger partial charge in [0.2, 0.25) is 0 Å². The van der Waals surface area contributed by atoms with Crippen molar-refractivity contribution < 1.29 is 0 Å². The maximum Gasteiger partial charge on any atom is 0.159 e. The molecule has 2 aromatic heterocycles. The van der Waals surface area contributed by atoms with Gasteiger partial charge in [0, 0.05) is 18.1 Å². The van der Waals surface area contributed by atoms with Gasteiger partial charge in [-0.25, -0.2) is 9.97 Å². The van der Waals surface area contributed by atoms with Crippen molar-refractivity contribution in [2.24, 2.45) is 0 Å². The van der Waals surface area contributed by atoms with Gasteiger partial charge in [0.1, 0.15) is 10.3 Å². The van der Waals surface area contributed by atoms with Crippen molar-refractivity contribution >= 4 is 12.2 Å². The molecule has 2 rings (SSSR count). The van der Waals surface area contributed by atoms with Crippen molar-refractivity contribution in [3.8, 4) is 11.5 Å². The third-order valence-electron chi connectivity index (χ3n) is 2.12. The van der Waals surface area contributed by atoms with Gasteiger partial charge in [-0.15, -0.1) is 0 Å². The van der Waals surface area contributed by atoms with Crippen LogP contribution < -0.4 is 0 Å². The minimum atomic E-state index is 0.586. The smallest absolute Gasteiger partial charge is 0.159 e. The fourth-order valence-electron chi connectivity index (χ4n) is 1.45. The van der Waals surface area contributed by atoms with Crippen molar-refractivity contribution in [2.45, 2.75) is 19.8 Å². The SMILES string of the molecule is CCCc1cc(=S)nc(-c2cnccn2)[nH]1. The Bertz CT molecular complexity index is 521. The highest BCUT2D eigenvalue weighted by Gasteiger charge is 2.02. The molecular formula is C11H12N4S. The fourth-order valence-corrected chi connectivity index (χ4v) is 1.69. The number of nitrogens with zero attached hydrogens (tertiary/aromatic N) is 3. The second-order valence-electron chi connectivity index (χ2n) is 3.43. The highest BCUT2D eigenvalue weighted by atomic mass is 32.1. The van der Waals surface area contributed by atoms with Gasteiger partial charge in [0.25, 0.3) is 0 Å². The quantitative estimate of drug-likeness (QED) is 0.826. The number of hydrogen-bond acceptors (Lipinski definition) is 4. The average Bonchev–Trinajstić information content (AvgIpc) is 2.30. The first-order chi connectivity index (χ1) is 7.79. The minimum Gasteiger partial charge on any atom is -0.342 e. The van der Waals surface area contributed by atoms with Crippen molar-refractivity contribution in [3.63, 3.8) is 0 Å². The second kappa shape index (κ2) is 4.94. The lowest BCUT2D eigenvalue weighted by atomic mass is 10.2. The maximum atomic E-state index is 5.12. The Labute approximate surface area is 98.8 Å². The van der Waals surface area contributed by atoms with E-state index in [0.717, 1.165) is 18.5 Å². The molecule has 0 aromatic carbocycles. The van der Waals surface area contributed by atoms with Crippen LogP contribution >= 0.6 is 12.2 Å². The largest absolute Gasteiger partial charge is 0.342 e. The van der Waals surface area contributed by atoms with Crippen LogP contribution in [0.25, 0.3) is 11.5 Å². The first-order valence-electron chi connectivity index (χ1n) is 5.16. The van der Waals surface area contributed by atoms with E-state index in [-0.39, 0.29) is 0 Å². The molecule has 0 aliphatic rings. The summed E-state index contributed by atoms with van der Waals surface area (Å²) in [6.45, 7) is 2.12. The molecule has 0 atom stereocenters. The predicted octanol–water partition coefficient (Wildman–Crippen LogP) is 2.55. The van der Waals surface area contributed by atoms with Crippen LogP contribution in [0.1, 0.15) is 19.0 Å². The zero-order valence-corrected chi connectivity index (χ0v) is 9.79. The second-order valence-corrected chi connectivity index (χ2v) is 3.85. The third-order valence-corrected chi connectivity index (χ3v) is 2.33. The lowest BCUT2D eigenvalue weighted by Crippen LogP contribution is -1.97. The number of nitrogens with one attached hydrogen (secondary N) is 1. The molecule has 4 nitrogen and oxygen atoms in total. The van der Waals surface area contributed by atoms with E-state index in [1.807, 2.05) is 6.07 Å². The molecule has 16 heavy (non-hydrogen) atoms. The zero-order chi connectivity index (χ0) is 11.4. The number of hydrogen-bond donors (Lipinski definition) is 1. The van der Waals surface area contributed by atoms with Crippen molar-refractivity contribution in [3.05, 3.63) is 35.0 Å². The van der Waals surface area contributed by atoms with Gasteiger partial charge in [0.05, 0.1) is 6.20 Å². The third kappa shape index (κ3) is 2.49. The Morgan fingerprint density at radius 1 is 1.38 bits per heavy atom. The first kappa shape index (κ1) is 10.9. The Hall–Kier alpha value is -1.62. The van der Waals surface area contributed by atoms with Gasteiger partial charge in [-0.2, -0.15) is 0 Å². The molecule has 82 valence electrons. The van der Waals surface area contributed by atoms with Crippen LogP contribution in [0, 0.1) is 4.64 Å². The molecule has 0 aliphatic carbocycles. The number of aromatic nitrogens is 4. The lowest BCUT2D eigenvalue weighted by molar-refractivity contribution is 0.871. The van der Waals surface area contributed by atoms with Crippen molar-refractivity contribution in [1.29, 1.82) is 0 Å². The van der Waals surface area contributed by atoms with Crippen molar-refractivity contribution in [1.82, 2.24) is 19.9 Å². The van der Waals surface area contributed by atoms with Gasteiger partial charge in [0.15, 0.2) is 5.82 Å². The summed E-state index contributed by atoms with van der Waals surface area (Å²) < 4.78 is 0.586. The molecule has 1 N–H and O–H groups in total. The van der Waals surface area contributed by atoms with E-state index in [9.17, 15) is 0 Å². The van der Waals surface area contributed by atoms with Gasteiger partial charge in [-0.3, -0.25) is 4.98 Å². The van der Waals surface area contributed by atoms with E-state index in [2.05, 4.69) is 26.9 Å². The molecule has 2 heterocycles. The summed E-state index contributed by atoms with van der Waals surface area (Å²) in [5.41, 5.74) is 1.80. The summed E-state index contributed by atoms with van der Waals surface area (Å²) >= 11 is 5.12. The van der Waals surface area contributed by atoms with Crippen LogP contribution in [0.5, 0.6) is 0 Å². The molecule has 2 aromatic rings. The van der Waals surface area contributed by atoms with E-state index in [4.69, 9.17) is 12.2 Å². The summed E-state index contributed by atoms with van der Waals surface area (Å²) in [5.74, 6) is 0.684. The van der Waals surface area contributed by atoms with Crippen LogP contribution in [0.2, 0.25) is 0 Å². The molecular weight excluding hydrogens is 220 g/mol. The Morgan fingerprint density at radius 3 is 2.94 bits per heavy atom. The highest BCUT2D eigenvalue weighted by Crippen LogP contribution is 2.11. The minimum absolute atomic E-state index is 0.586. The first-order valence-corrected chi connectivity index (χ1v) is 5.57. The summed E-state index contributed by atoms with van der Waals surface area (Å²) in [6, 6.07) is 1.89. The molecule has 0 amide bonds. The summed E-state index contributed by atoms with van der Waals surface area (Å²) in [7, 11) is 0. The molecule has 0 saturated carbocycles. The van der Waals surface area contributed by atoms with Gasteiger partial charge >= 0.3 is 0 Å². The fraction of sp³-hybridized carbons (Fsp3) is 0.273. The zero-order valence-electron chi connectivity index (χ0n) is 8.97. The number of H-pyrrole nitrogens is 1. The van der Waals surface area contributed by atoms with E-state index < -0.39 is 0 Å². The predicted molar refractivity (Wildman–Crippen MR) is 64.4 cm³/mol. The monoisotopic (exact) mass is 232 g/mol. The molecule has 0 saturated heterocycles. The topological polar surface area (TPSA) is 54.5 Å². The number of rotatable bonds is 3. The van der Waals surface area contributed by atoms with Crippen LogP contribution in [0.4, 0.5) is 0 Å². The van der Waals surface area contributed by atoms with E-state index in [1.165, 1.54) is 0 Å². The summed E-state index contributed by atoms with van der Waals surface area (Å²) in [4.78, 5) is 15.7. The Kier molecular flexibility index (Phi) is 3.36. The highest BCUT2D eigenvalue weighted by molar-refractivity contribution is 7.71. The standard InChI is InChI=1S/C11H12N4S/c1-2-3-8-6-10(16)15-11(14-8)9-7-12-4-5-13-9/h4-7H,2-3H2,1H3,(H,14,15,16).